The van der Waals surface area contributed by atoms with Gasteiger partial charge in [0.2, 0.25) is 5.91 Å². The fourth-order valence-electron chi connectivity index (χ4n) is 7.60. The van der Waals surface area contributed by atoms with Gasteiger partial charge in [0.15, 0.2) is 0 Å². The maximum absolute atomic E-state index is 13.1. The Morgan fingerprint density at radius 1 is 1.17 bits per heavy atom. The van der Waals surface area contributed by atoms with E-state index in [2.05, 4.69) is 43.4 Å². The summed E-state index contributed by atoms with van der Waals surface area (Å²) in [6.07, 6.45) is 10.7. The minimum absolute atomic E-state index is 0.0917. The van der Waals surface area contributed by atoms with Crippen LogP contribution in [-0.2, 0) is 20.7 Å². The molecule has 9 rings (SSSR count). The van der Waals surface area contributed by atoms with E-state index in [1.807, 2.05) is 31.3 Å². The number of carbonyl (C=O) groups excluding carboxylic acids is 1. The molecule has 0 spiro atoms. The lowest BCUT2D eigenvalue weighted by atomic mass is 9.86. The van der Waals surface area contributed by atoms with Gasteiger partial charge < -0.3 is 34.4 Å². The van der Waals surface area contributed by atoms with Crippen LogP contribution in [0, 0.1) is 24.2 Å². The lowest BCUT2D eigenvalue weighted by Crippen LogP contribution is -2.70. The number of nitriles is 1. The molecular formula is C34H37N7O5. The van der Waals surface area contributed by atoms with Crippen LogP contribution in [0.1, 0.15) is 35.2 Å². The van der Waals surface area contributed by atoms with Gasteiger partial charge in [0.05, 0.1) is 67.9 Å². The van der Waals surface area contributed by atoms with Gasteiger partial charge in [-0.05, 0) is 49.1 Å². The average molecular weight is 624 g/mol. The van der Waals surface area contributed by atoms with Gasteiger partial charge in [-0.3, -0.25) is 9.78 Å². The topological polar surface area (TPSA) is 137 Å². The van der Waals surface area contributed by atoms with Crippen LogP contribution in [0.25, 0.3) is 11.1 Å². The number of allylic oxidation sites excluding steroid dienone is 2. The summed E-state index contributed by atoms with van der Waals surface area (Å²) in [6.45, 7) is 5.45. The number of piperazine rings is 1. The quantitative estimate of drug-likeness (QED) is 0.382. The number of carbonyl (C=O) groups is 1. The number of aryl methyl sites for hydroxylation is 1. The zero-order chi connectivity index (χ0) is 31.4. The van der Waals surface area contributed by atoms with Crippen LogP contribution in [-0.4, -0.2) is 105 Å². The third-order valence-corrected chi connectivity index (χ3v) is 9.99. The first-order valence-corrected chi connectivity index (χ1v) is 16.0. The van der Waals surface area contributed by atoms with Crippen LogP contribution in [0.15, 0.2) is 54.8 Å². The number of aliphatic hydroxyl groups excluding tert-OH is 1. The number of rotatable bonds is 8. The maximum atomic E-state index is 13.1. The highest BCUT2D eigenvalue weighted by Crippen LogP contribution is 2.36. The third kappa shape index (κ3) is 5.18. The van der Waals surface area contributed by atoms with Crippen LogP contribution in [0.3, 0.4) is 0 Å². The number of fused-ring (bicyclic) bond motifs is 4. The summed E-state index contributed by atoms with van der Waals surface area (Å²) >= 11 is 0. The molecular weight excluding hydrogens is 586 g/mol. The van der Waals surface area contributed by atoms with E-state index < -0.39 is 6.10 Å². The number of piperidine rings is 1. The normalized spacial score (nSPS) is 28.2. The Morgan fingerprint density at radius 3 is 2.78 bits per heavy atom. The highest BCUT2D eigenvalue weighted by Gasteiger charge is 2.48. The Kier molecular flexibility index (Phi) is 7.39. The second-order valence-electron chi connectivity index (χ2n) is 12.9. The van der Waals surface area contributed by atoms with Crippen LogP contribution in [0.5, 0.6) is 5.75 Å². The predicted octanol–water partition coefficient (Wildman–Crippen LogP) is 1.81. The SMILES string of the molecule is Cc1ccc(CC(=O)N2C3CC2CN(C2=CC=C(c4cc(OCCC5COC6C(O)COC56)cn5ncc(C#N)c45)CN2)C3)cn1. The van der Waals surface area contributed by atoms with Crippen molar-refractivity contribution in [3.05, 3.63) is 77.1 Å². The van der Waals surface area contributed by atoms with Gasteiger partial charge in [-0.15, -0.1) is 0 Å². The molecule has 6 aliphatic rings. The second kappa shape index (κ2) is 11.7. The summed E-state index contributed by atoms with van der Waals surface area (Å²) in [5.74, 6) is 2.05. The van der Waals surface area contributed by atoms with Gasteiger partial charge in [-0.25, -0.2) is 4.52 Å². The summed E-state index contributed by atoms with van der Waals surface area (Å²) in [7, 11) is 0. The van der Waals surface area contributed by atoms with Crippen LogP contribution in [0.2, 0.25) is 0 Å². The summed E-state index contributed by atoms with van der Waals surface area (Å²) in [4.78, 5) is 21.8. The Hall–Kier alpha value is -4.44. The van der Waals surface area contributed by atoms with Crippen molar-refractivity contribution in [2.24, 2.45) is 5.92 Å². The summed E-state index contributed by atoms with van der Waals surface area (Å²) in [6, 6.07) is 8.62. The van der Waals surface area contributed by atoms with Crippen molar-refractivity contribution in [2.45, 2.75) is 56.6 Å². The molecule has 9 heterocycles. The number of aliphatic hydroxyl groups is 1. The summed E-state index contributed by atoms with van der Waals surface area (Å²) in [5, 5.41) is 27.9. The summed E-state index contributed by atoms with van der Waals surface area (Å²) in [5.41, 5.74) is 5.08. The summed E-state index contributed by atoms with van der Waals surface area (Å²) < 4.78 is 19.4. The number of ether oxygens (including phenoxy) is 3. The van der Waals surface area contributed by atoms with Crippen molar-refractivity contribution in [3.63, 3.8) is 0 Å². The molecule has 3 aromatic heterocycles. The number of hydrogen-bond donors (Lipinski definition) is 2. The molecule has 0 saturated carbocycles. The van der Waals surface area contributed by atoms with Gasteiger partial charge in [0.25, 0.3) is 0 Å². The maximum Gasteiger partial charge on any atom is 0.227 e. The Balaban J connectivity index is 0.944. The van der Waals surface area contributed by atoms with E-state index in [-0.39, 0.29) is 36.1 Å². The molecule has 12 nitrogen and oxygen atoms in total. The largest absolute Gasteiger partial charge is 0.492 e. The Morgan fingerprint density at radius 2 is 2.02 bits per heavy atom. The van der Waals surface area contributed by atoms with Crippen LogP contribution >= 0.6 is 0 Å². The fraction of sp³-hybridized carbons (Fsp3) is 0.471. The first-order chi connectivity index (χ1) is 22.4. The minimum atomic E-state index is -0.561. The van der Waals surface area contributed by atoms with Gasteiger partial charge >= 0.3 is 0 Å². The van der Waals surface area contributed by atoms with Crippen molar-refractivity contribution in [1.82, 2.24) is 29.7 Å². The van der Waals surface area contributed by atoms with E-state index in [9.17, 15) is 15.2 Å². The lowest BCUT2D eigenvalue weighted by molar-refractivity contribution is -0.151. The number of amides is 1. The van der Waals surface area contributed by atoms with E-state index >= 15 is 0 Å². The van der Waals surface area contributed by atoms with Crippen molar-refractivity contribution >= 4 is 17.0 Å². The molecule has 12 heteroatoms. The molecule has 5 fully saturated rings. The van der Waals surface area contributed by atoms with Crippen molar-refractivity contribution < 1.29 is 24.1 Å². The van der Waals surface area contributed by atoms with Gasteiger partial charge in [0.1, 0.15) is 29.8 Å². The zero-order valence-corrected chi connectivity index (χ0v) is 25.7. The molecule has 0 radical (unpaired) electrons. The smallest absolute Gasteiger partial charge is 0.227 e. The van der Waals surface area contributed by atoms with E-state index in [0.717, 1.165) is 59.7 Å². The minimum Gasteiger partial charge on any atom is -0.492 e. The second-order valence-corrected chi connectivity index (χ2v) is 12.9. The molecule has 0 aliphatic carbocycles. The lowest BCUT2D eigenvalue weighted by Gasteiger charge is -2.57. The monoisotopic (exact) mass is 623 g/mol. The molecule has 6 atom stereocenters. The molecule has 1 amide bonds. The van der Waals surface area contributed by atoms with E-state index in [1.54, 1.807) is 16.9 Å². The highest BCUT2D eigenvalue weighted by molar-refractivity contribution is 5.84. The zero-order valence-electron chi connectivity index (χ0n) is 25.7. The van der Waals surface area contributed by atoms with Crippen molar-refractivity contribution in [2.75, 3.05) is 39.5 Å². The van der Waals surface area contributed by atoms with E-state index in [4.69, 9.17) is 14.2 Å². The number of dihydropyridines is 1. The van der Waals surface area contributed by atoms with Gasteiger partial charge in [0, 0.05) is 43.0 Å². The average Bonchev–Trinajstić information content (AvgIpc) is 3.78. The Labute approximate surface area is 266 Å². The number of pyridine rings is 2. The predicted molar refractivity (Wildman–Crippen MR) is 166 cm³/mol. The van der Waals surface area contributed by atoms with Crippen molar-refractivity contribution in [3.8, 4) is 11.8 Å². The van der Waals surface area contributed by atoms with Gasteiger partial charge in [-0.1, -0.05) is 12.1 Å². The standard InChI is InChI=1S/C34H37N7O5/c1-20-2-3-21(12-36-20)8-31(43)41-25-9-26(41)16-39(15-25)30-5-4-22(13-37-30)28-10-27(17-40-32(28)24(11-35)14-38-40)44-7-6-23-18-45-34-29(42)19-46-33(23)34/h2-5,10,12,14,17,23,25-26,29,33-34,37,42H,6-9,13,15-16,18-19H2,1H3. The number of aromatic nitrogens is 3. The Bertz CT molecular complexity index is 1750. The highest BCUT2D eigenvalue weighted by atomic mass is 16.6. The van der Waals surface area contributed by atoms with E-state index in [0.29, 0.717) is 44.1 Å². The number of hydrogen-bond acceptors (Lipinski definition) is 10. The number of nitrogens with zero attached hydrogens (tertiary/aromatic N) is 6. The molecule has 6 unspecified atom stereocenters. The molecule has 2 N–H and O–H groups in total. The molecule has 3 aromatic rings. The van der Waals surface area contributed by atoms with Gasteiger partial charge in [-0.2, -0.15) is 10.4 Å². The fourth-order valence-corrected chi connectivity index (χ4v) is 7.60. The van der Waals surface area contributed by atoms with Crippen LogP contribution < -0.4 is 10.1 Å². The van der Waals surface area contributed by atoms with Crippen LogP contribution in [0.4, 0.5) is 0 Å². The molecule has 238 valence electrons. The molecule has 6 aliphatic heterocycles. The first kappa shape index (κ1) is 29.0. The number of nitrogens with one attached hydrogen (secondary N) is 1. The molecule has 5 saturated heterocycles. The molecule has 46 heavy (non-hydrogen) atoms. The molecule has 0 aromatic carbocycles. The first-order valence-electron chi connectivity index (χ1n) is 16.0. The van der Waals surface area contributed by atoms with E-state index in [1.165, 1.54) is 0 Å². The van der Waals surface area contributed by atoms with Crippen molar-refractivity contribution in [1.29, 1.82) is 5.26 Å². The third-order valence-electron chi connectivity index (χ3n) is 9.99. The molecule has 2 bridgehead atoms.